The third kappa shape index (κ3) is 3.31. The van der Waals surface area contributed by atoms with Gasteiger partial charge in [-0.3, -0.25) is 4.90 Å². The van der Waals surface area contributed by atoms with Crippen molar-refractivity contribution in [3.63, 3.8) is 0 Å². The Labute approximate surface area is 166 Å². The van der Waals surface area contributed by atoms with Gasteiger partial charge in [0.15, 0.2) is 11.5 Å². The fraction of sp³-hybridized carbons (Fsp3) is 0.500. The Kier molecular flexibility index (Phi) is 5.17. The van der Waals surface area contributed by atoms with Crippen molar-refractivity contribution < 1.29 is 14.6 Å². The lowest BCUT2D eigenvalue weighted by molar-refractivity contribution is -0.0670. The van der Waals surface area contributed by atoms with Crippen molar-refractivity contribution in [2.75, 3.05) is 13.7 Å². The van der Waals surface area contributed by atoms with Crippen LogP contribution >= 0.6 is 0 Å². The topological polar surface area (TPSA) is 59.8 Å². The van der Waals surface area contributed by atoms with Crippen LogP contribution in [0.25, 0.3) is 0 Å². The van der Waals surface area contributed by atoms with Crippen molar-refractivity contribution in [2.45, 2.75) is 49.9 Å². The largest absolute Gasteiger partial charge is 0.493 e. The third-order valence-corrected chi connectivity index (χ3v) is 6.13. The second-order valence-corrected chi connectivity index (χ2v) is 7.91. The summed E-state index contributed by atoms with van der Waals surface area (Å²) in [5.41, 5.74) is 0.262. The Morgan fingerprint density at radius 1 is 1.32 bits per heavy atom. The quantitative estimate of drug-likeness (QED) is 0.745. The van der Waals surface area contributed by atoms with E-state index in [9.17, 15) is 5.11 Å². The second-order valence-electron chi connectivity index (χ2n) is 7.91. The lowest BCUT2D eigenvalue weighted by Crippen LogP contribution is -2.50. The van der Waals surface area contributed by atoms with Crippen molar-refractivity contribution in [1.29, 1.82) is 0 Å². The highest BCUT2D eigenvalue weighted by molar-refractivity contribution is 5.47. The molecule has 2 aromatic rings. The van der Waals surface area contributed by atoms with Gasteiger partial charge in [-0.1, -0.05) is 24.8 Å². The molecule has 1 N–H and O–H groups in total. The Morgan fingerprint density at radius 3 is 2.68 bits per heavy atom. The summed E-state index contributed by atoms with van der Waals surface area (Å²) < 4.78 is 13.4. The Bertz CT molecular complexity index is 833. The number of piperidine rings is 1. The molecule has 150 valence electrons. The van der Waals surface area contributed by atoms with Crippen LogP contribution in [0.3, 0.4) is 0 Å². The van der Waals surface area contributed by atoms with Crippen molar-refractivity contribution in [2.24, 2.45) is 7.05 Å². The first-order valence-corrected chi connectivity index (χ1v) is 9.91. The van der Waals surface area contributed by atoms with Crippen LogP contribution in [0.15, 0.2) is 43.2 Å². The van der Waals surface area contributed by atoms with Crippen LogP contribution in [0.5, 0.6) is 11.5 Å². The number of fused-ring (bicyclic) bond motifs is 2. The predicted octanol–water partition coefficient (Wildman–Crippen LogP) is 3.01. The number of ether oxygens (including phenoxy) is 2. The lowest BCUT2D eigenvalue weighted by Gasteiger charge is -2.43. The highest BCUT2D eigenvalue weighted by atomic mass is 16.5. The predicted molar refractivity (Wildman–Crippen MR) is 107 cm³/mol. The van der Waals surface area contributed by atoms with Crippen LogP contribution in [0.4, 0.5) is 0 Å². The van der Waals surface area contributed by atoms with Crippen LogP contribution in [-0.4, -0.2) is 45.4 Å². The highest BCUT2D eigenvalue weighted by Crippen LogP contribution is 2.46. The van der Waals surface area contributed by atoms with Crippen LogP contribution < -0.4 is 9.47 Å². The summed E-state index contributed by atoms with van der Waals surface area (Å²) in [7, 11) is 3.62. The van der Waals surface area contributed by atoms with Crippen molar-refractivity contribution in [3.8, 4) is 11.5 Å². The molecule has 2 saturated heterocycles. The van der Waals surface area contributed by atoms with Crippen LogP contribution in [0.2, 0.25) is 0 Å². The van der Waals surface area contributed by atoms with Crippen molar-refractivity contribution in [1.82, 2.24) is 14.5 Å². The summed E-state index contributed by atoms with van der Waals surface area (Å²) in [4.78, 5) is 6.96. The molecule has 28 heavy (non-hydrogen) atoms. The minimum Gasteiger partial charge on any atom is -0.493 e. The van der Waals surface area contributed by atoms with Gasteiger partial charge in [-0.2, -0.15) is 0 Å². The summed E-state index contributed by atoms with van der Waals surface area (Å²) >= 11 is 0. The lowest BCUT2D eigenvalue weighted by atomic mass is 9.85. The number of nitrogens with zero attached hydrogens (tertiary/aromatic N) is 3. The van der Waals surface area contributed by atoms with Gasteiger partial charge in [-0.05, 0) is 31.7 Å². The molecule has 0 saturated carbocycles. The number of aryl methyl sites for hydroxylation is 1. The zero-order valence-corrected chi connectivity index (χ0v) is 16.7. The van der Waals surface area contributed by atoms with Crippen LogP contribution in [0, 0.1) is 0 Å². The Balaban J connectivity index is 1.57. The third-order valence-electron chi connectivity index (χ3n) is 6.13. The molecule has 0 spiro atoms. The highest BCUT2D eigenvalue weighted by Gasteiger charge is 2.49. The number of aromatic nitrogens is 2. The molecule has 6 nitrogen and oxygen atoms in total. The van der Waals surface area contributed by atoms with E-state index in [0.29, 0.717) is 31.5 Å². The van der Waals surface area contributed by atoms with Crippen molar-refractivity contribution in [3.05, 3.63) is 54.6 Å². The van der Waals surface area contributed by atoms with E-state index in [-0.39, 0.29) is 0 Å². The van der Waals surface area contributed by atoms with E-state index in [4.69, 9.17) is 9.47 Å². The fourth-order valence-corrected chi connectivity index (χ4v) is 4.92. The molecule has 0 unspecified atom stereocenters. The summed E-state index contributed by atoms with van der Waals surface area (Å²) in [5.74, 6) is 2.31. The zero-order chi connectivity index (χ0) is 19.7. The molecule has 1 aromatic heterocycles. The fourth-order valence-electron chi connectivity index (χ4n) is 4.92. The van der Waals surface area contributed by atoms with Gasteiger partial charge in [0.2, 0.25) is 0 Å². The van der Waals surface area contributed by atoms with E-state index < -0.39 is 5.60 Å². The molecule has 2 fully saturated rings. The van der Waals surface area contributed by atoms with Crippen molar-refractivity contribution >= 4 is 0 Å². The van der Waals surface area contributed by atoms with E-state index in [0.717, 1.165) is 42.3 Å². The van der Waals surface area contributed by atoms with Gasteiger partial charge in [0, 0.05) is 43.6 Å². The SMILES string of the molecule is C=CCOc1c(CN2[C@H]3CC[C@H]2CC(O)(c2nccn2C)C3)cccc1OC. The Morgan fingerprint density at radius 2 is 2.07 bits per heavy atom. The molecular weight excluding hydrogens is 354 g/mol. The monoisotopic (exact) mass is 383 g/mol. The molecule has 2 atom stereocenters. The minimum absolute atomic E-state index is 0.332. The van der Waals surface area contributed by atoms with Gasteiger partial charge < -0.3 is 19.1 Å². The molecule has 2 aliphatic heterocycles. The molecule has 6 heteroatoms. The van der Waals surface area contributed by atoms with E-state index in [1.165, 1.54) is 0 Å². The summed E-state index contributed by atoms with van der Waals surface area (Å²) in [6.07, 6.45) is 9.03. The first-order valence-electron chi connectivity index (χ1n) is 9.91. The summed E-state index contributed by atoms with van der Waals surface area (Å²) in [6, 6.07) is 6.69. The van der Waals surface area contributed by atoms with E-state index in [1.807, 2.05) is 29.9 Å². The molecule has 4 rings (SSSR count). The molecular formula is C22H29N3O3. The molecule has 0 amide bonds. The average molecular weight is 383 g/mol. The minimum atomic E-state index is -0.850. The van der Waals surface area contributed by atoms with E-state index >= 15 is 0 Å². The zero-order valence-electron chi connectivity index (χ0n) is 16.7. The molecule has 0 aliphatic carbocycles. The van der Waals surface area contributed by atoms with Crippen LogP contribution in [-0.2, 0) is 19.2 Å². The Hall–Kier alpha value is -2.31. The molecule has 2 bridgehead atoms. The van der Waals surface area contributed by atoms with Gasteiger partial charge in [0.05, 0.1) is 7.11 Å². The number of rotatable bonds is 7. The maximum Gasteiger partial charge on any atom is 0.166 e. The van der Waals surface area contributed by atoms with Gasteiger partial charge in [-0.25, -0.2) is 4.98 Å². The molecule has 2 aliphatic rings. The number of imidazole rings is 1. The first kappa shape index (κ1) is 19.0. The maximum atomic E-state index is 11.4. The van der Waals surface area contributed by atoms with E-state index in [1.54, 1.807) is 19.4 Å². The van der Waals surface area contributed by atoms with E-state index in [2.05, 4.69) is 22.5 Å². The number of methoxy groups -OCH3 is 1. The average Bonchev–Trinajstić information content (AvgIpc) is 3.22. The van der Waals surface area contributed by atoms with Gasteiger partial charge in [0.1, 0.15) is 18.0 Å². The summed E-state index contributed by atoms with van der Waals surface area (Å²) in [6.45, 7) is 4.98. The van der Waals surface area contributed by atoms with Gasteiger partial charge in [0.25, 0.3) is 0 Å². The number of benzene rings is 1. The molecule has 1 aromatic carbocycles. The number of hydrogen-bond donors (Lipinski definition) is 1. The summed E-state index contributed by atoms with van der Waals surface area (Å²) in [5, 5.41) is 11.4. The van der Waals surface area contributed by atoms with Crippen LogP contribution in [0.1, 0.15) is 37.1 Å². The maximum absolute atomic E-state index is 11.4. The van der Waals surface area contributed by atoms with Gasteiger partial charge >= 0.3 is 0 Å². The first-order chi connectivity index (χ1) is 13.6. The number of aliphatic hydroxyl groups is 1. The smallest absolute Gasteiger partial charge is 0.166 e. The second kappa shape index (κ2) is 7.60. The molecule has 3 heterocycles. The number of hydrogen-bond acceptors (Lipinski definition) is 5. The molecule has 0 radical (unpaired) electrons. The van der Waals surface area contributed by atoms with Gasteiger partial charge in [-0.15, -0.1) is 0 Å². The normalized spacial score (nSPS) is 27.0. The standard InChI is InChI=1S/C22H29N3O3/c1-4-12-28-20-16(6-5-7-19(20)27-3)15-25-17-8-9-18(25)14-22(26,13-17)21-23-10-11-24(21)2/h4-7,10-11,17-18,26H,1,8-9,12-15H2,2-3H3/t17-,18-/m0/s1. The number of para-hydroxylation sites is 1.